The van der Waals surface area contributed by atoms with Crippen molar-refractivity contribution in [3.8, 4) is 11.5 Å². The van der Waals surface area contributed by atoms with Crippen LogP contribution >= 0.6 is 0 Å². The predicted molar refractivity (Wildman–Crippen MR) is 123 cm³/mol. The summed E-state index contributed by atoms with van der Waals surface area (Å²) in [6.07, 6.45) is 1.29. The number of sulfonamides is 1. The second-order valence-electron chi connectivity index (χ2n) is 8.33. The van der Waals surface area contributed by atoms with E-state index in [9.17, 15) is 13.2 Å². The molecule has 174 valence electrons. The fraction of sp³-hybridized carbons (Fsp3) is 0.458. The summed E-state index contributed by atoms with van der Waals surface area (Å²) in [6.45, 7) is 4.96. The molecule has 0 spiro atoms. The SMILES string of the molecule is COc1ccc(CNC(=O)[C@H]2CCCN(S(=O)(=O)c3cc(C(C)C)ccc3OC)C2)cc1. The molecule has 1 N–H and O–H groups in total. The van der Waals surface area contributed by atoms with Crippen molar-refractivity contribution in [2.45, 2.75) is 44.0 Å². The van der Waals surface area contributed by atoms with Crippen LogP contribution in [0.3, 0.4) is 0 Å². The van der Waals surface area contributed by atoms with Gasteiger partial charge in [0.2, 0.25) is 15.9 Å². The minimum absolute atomic E-state index is 0.136. The number of amides is 1. The van der Waals surface area contributed by atoms with E-state index in [1.54, 1.807) is 19.2 Å². The van der Waals surface area contributed by atoms with Crippen molar-refractivity contribution in [1.29, 1.82) is 0 Å². The lowest BCUT2D eigenvalue weighted by Gasteiger charge is -2.31. The lowest BCUT2D eigenvalue weighted by Crippen LogP contribution is -2.45. The molecule has 1 aliphatic heterocycles. The first-order valence-electron chi connectivity index (χ1n) is 10.8. The minimum atomic E-state index is -3.79. The highest BCUT2D eigenvalue weighted by atomic mass is 32.2. The third-order valence-electron chi connectivity index (χ3n) is 5.85. The highest BCUT2D eigenvalue weighted by molar-refractivity contribution is 7.89. The Morgan fingerprint density at radius 3 is 2.47 bits per heavy atom. The topological polar surface area (TPSA) is 84.9 Å². The van der Waals surface area contributed by atoms with E-state index < -0.39 is 15.9 Å². The van der Waals surface area contributed by atoms with Gasteiger partial charge >= 0.3 is 0 Å². The Balaban J connectivity index is 1.71. The van der Waals surface area contributed by atoms with E-state index in [1.807, 2.05) is 44.2 Å². The van der Waals surface area contributed by atoms with E-state index in [0.29, 0.717) is 31.7 Å². The average molecular weight is 461 g/mol. The van der Waals surface area contributed by atoms with Crippen LogP contribution < -0.4 is 14.8 Å². The monoisotopic (exact) mass is 460 g/mol. The molecule has 2 aromatic rings. The second-order valence-corrected chi connectivity index (χ2v) is 10.2. The predicted octanol–water partition coefficient (Wildman–Crippen LogP) is 3.54. The number of nitrogens with one attached hydrogen (secondary N) is 1. The summed E-state index contributed by atoms with van der Waals surface area (Å²) >= 11 is 0. The summed E-state index contributed by atoms with van der Waals surface area (Å²) in [5.74, 6) is 0.734. The van der Waals surface area contributed by atoms with Crippen molar-refractivity contribution in [2.75, 3.05) is 27.3 Å². The summed E-state index contributed by atoms with van der Waals surface area (Å²) in [7, 11) is -0.715. The highest BCUT2D eigenvalue weighted by Crippen LogP contribution is 2.32. The van der Waals surface area contributed by atoms with Gasteiger partial charge < -0.3 is 14.8 Å². The standard InChI is InChI=1S/C24H32N2O5S/c1-17(2)19-9-12-22(31-4)23(14-19)32(28,29)26-13-5-6-20(16-26)24(27)25-15-18-7-10-21(30-3)11-8-18/h7-12,14,17,20H,5-6,13,15-16H2,1-4H3,(H,25,27)/t20-/m0/s1. The average Bonchev–Trinajstić information content (AvgIpc) is 2.82. The number of ether oxygens (including phenoxy) is 2. The molecular formula is C24H32N2O5S. The summed E-state index contributed by atoms with van der Waals surface area (Å²) < 4.78 is 38.8. The number of hydrogen-bond donors (Lipinski definition) is 1. The van der Waals surface area contributed by atoms with E-state index in [0.717, 1.165) is 16.9 Å². The van der Waals surface area contributed by atoms with Crippen LogP contribution in [-0.4, -0.2) is 45.9 Å². The second kappa shape index (κ2) is 10.4. The molecule has 0 saturated carbocycles. The summed E-state index contributed by atoms with van der Waals surface area (Å²) in [5, 5.41) is 2.94. The molecule has 2 aromatic carbocycles. The van der Waals surface area contributed by atoms with Crippen LogP contribution in [0, 0.1) is 5.92 Å². The van der Waals surface area contributed by atoms with Gasteiger partial charge in [0.05, 0.1) is 20.1 Å². The fourth-order valence-corrected chi connectivity index (χ4v) is 5.56. The smallest absolute Gasteiger partial charge is 0.246 e. The first-order valence-corrected chi connectivity index (χ1v) is 12.3. The Bertz CT molecular complexity index is 1030. The number of hydrogen-bond acceptors (Lipinski definition) is 5. The van der Waals surface area contributed by atoms with Crippen LogP contribution in [0.25, 0.3) is 0 Å². The van der Waals surface area contributed by atoms with Crippen LogP contribution in [-0.2, 0) is 21.4 Å². The van der Waals surface area contributed by atoms with Gasteiger partial charge in [-0.3, -0.25) is 4.79 Å². The molecule has 0 radical (unpaired) electrons. The van der Waals surface area contributed by atoms with Crippen LogP contribution in [0.1, 0.15) is 43.7 Å². The lowest BCUT2D eigenvalue weighted by atomic mass is 9.99. The zero-order valence-electron chi connectivity index (χ0n) is 19.1. The third-order valence-corrected chi connectivity index (χ3v) is 7.74. The molecule has 0 unspecified atom stereocenters. The third kappa shape index (κ3) is 5.42. The van der Waals surface area contributed by atoms with E-state index >= 15 is 0 Å². The Kier molecular flexibility index (Phi) is 7.79. The number of benzene rings is 2. The molecule has 1 saturated heterocycles. The number of methoxy groups -OCH3 is 2. The lowest BCUT2D eigenvalue weighted by molar-refractivity contribution is -0.126. The van der Waals surface area contributed by atoms with Crippen LogP contribution in [0.5, 0.6) is 11.5 Å². The van der Waals surface area contributed by atoms with Crippen molar-refractivity contribution in [3.63, 3.8) is 0 Å². The minimum Gasteiger partial charge on any atom is -0.497 e. The van der Waals surface area contributed by atoms with Crippen molar-refractivity contribution in [2.24, 2.45) is 5.92 Å². The normalized spacial score (nSPS) is 17.2. The molecule has 1 atom stereocenters. The first-order chi connectivity index (χ1) is 15.3. The number of rotatable bonds is 8. The van der Waals surface area contributed by atoms with Crippen LogP contribution in [0.2, 0.25) is 0 Å². The maximum atomic E-state index is 13.5. The zero-order chi connectivity index (χ0) is 23.3. The molecule has 7 nitrogen and oxygen atoms in total. The summed E-state index contributed by atoms with van der Waals surface area (Å²) in [6, 6.07) is 12.7. The number of nitrogens with zero attached hydrogens (tertiary/aromatic N) is 1. The highest BCUT2D eigenvalue weighted by Gasteiger charge is 2.35. The molecule has 1 fully saturated rings. The fourth-order valence-electron chi connectivity index (χ4n) is 3.84. The van der Waals surface area contributed by atoms with Gasteiger partial charge in [-0.05, 0) is 54.2 Å². The maximum absolute atomic E-state index is 13.5. The molecule has 1 aliphatic rings. The van der Waals surface area contributed by atoms with Gasteiger partial charge in [0.1, 0.15) is 16.4 Å². The molecule has 0 aliphatic carbocycles. The Morgan fingerprint density at radius 1 is 1.12 bits per heavy atom. The van der Waals surface area contributed by atoms with Gasteiger partial charge in [-0.1, -0.05) is 32.0 Å². The van der Waals surface area contributed by atoms with Gasteiger partial charge in [-0.25, -0.2) is 8.42 Å². The van der Waals surface area contributed by atoms with Crippen LogP contribution in [0.4, 0.5) is 0 Å². The first kappa shape index (κ1) is 24.1. The van der Waals surface area contributed by atoms with E-state index in [-0.39, 0.29) is 23.3 Å². The maximum Gasteiger partial charge on any atom is 0.246 e. The summed E-state index contributed by atoms with van der Waals surface area (Å²) in [4.78, 5) is 12.9. The van der Waals surface area contributed by atoms with E-state index in [1.165, 1.54) is 11.4 Å². The Labute approximate surface area is 190 Å². The van der Waals surface area contributed by atoms with Gasteiger partial charge in [0.15, 0.2) is 0 Å². The Morgan fingerprint density at radius 2 is 1.84 bits per heavy atom. The van der Waals surface area contributed by atoms with Crippen LogP contribution in [0.15, 0.2) is 47.4 Å². The van der Waals surface area contributed by atoms with E-state index in [4.69, 9.17) is 9.47 Å². The Hall–Kier alpha value is -2.58. The van der Waals surface area contributed by atoms with Gasteiger partial charge in [0.25, 0.3) is 0 Å². The quantitative estimate of drug-likeness (QED) is 0.651. The largest absolute Gasteiger partial charge is 0.497 e. The summed E-state index contributed by atoms with van der Waals surface area (Å²) in [5.41, 5.74) is 1.88. The number of piperidine rings is 1. The molecule has 1 amide bonds. The molecule has 0 bridgehead atoms. The zero-order valence-corrected chi connectivity index (χ0v) is 19.9. The molecule has 32 heavy (non-hydrogen) atoms. The molecular weight excluding hydrogens is 428 g/mol. The van der Waals surface area contributed by atoms with Crippen molar-refractivity contribution in [1.82, 2.24) is 9.62 Å². The number of carbonyl (C=O) groups is 1. The molecule has 0 aromatic heterocycles. The van der Waals surface area contributed by atoms with E-state index in [2.05, 4.69) is 5.32 Å². The van der Waals surface area contributed by atoms with Crippen molar-refractivity contribution < 1.29 is 22.7 Å². The van der Waals surface area contributed by atoms with Crippen molar-refractivity contribution >= 4 is 15.9 Å². The van der Waals surface area contributed by atoms with Gasteiger partial charge in [0, 0.05) is 19.6 Å². The molecule has 1 heterocycles. The molecule has 8 heteroatoms. The van der Waals surface area contributed by atoms with Gasteiger partial charge in [-0.2, -0.15) is 4.31 Å². The molecule has 3 rings (SSSR count). The van der Waals surface area contributed by atoms with Gasteiger partial charge in [-0.15, -0.1) is 0 Å². The number of carbonyl (C=O) groups excluding carboxylic acids is 1. The van der Waals surface area contributed by atoms with Crippen molar-refractivity contribution in [3.05, 3.63) is 53.6 Å².